The van der Waals surface area contributed by atoms with Gasteiger partial charge in [-0.15, -0.1) is 10.2 Å². The van der Waals surface area contributed by atoms with E-state index in [4.69, 9.17) is 4.98 Å². The highest BCUT2D eigenvalue weighted by Gasteiger charge is 2.28. The summed E-state index contributed by atoms with van der Waals surface area (Å²) in [6.07, 6.45) is 4.87. The fourth-order valence-corrected chi connectivity index (χ4v) is 3.88. The molecule has 0 saturated heterocycles. The largest absolute Gasteiger partial charge is 0.347 e. The Morgan fingerprint density at radius 3 is 2.74 bits per heavy atom. The Kier molecular flexibility index (Phi) is 4.88. The fourth-order valence-electron chi connectivity index (χ4n) is 3.88. The van der Waals surface area contributed by atoms with Gasteiger partial charge in [0.1, 0.15) is 17.5 Å². The van der Waals surface area contributed by atoms with Crippen molar-refractivity contribution in [3.63, 3.8) is 0 Å². The Balaban J connectivity index is 1.62. The van der Waals surface area contributed by atoms with Crippen LogP contribution in [-0.2, 0) is 19.4 Å². The van der Waals surface area contributed by atoms with Crippen molar-refractivity contribution in [1.29, 1.82) is 0 Å². The molecular formula is C21H26N6. The molecule has 0 saturated carbocycles. The summed E-state index contributed by atoms with van der Waals surface area (Å²) in [5, 5.41) is 9.01. The lowest BCUT2D eigenvalue weighted by atomic mass is 10.1. The average Bonchev–Trinajstić information content (AvgIpc) is 3.07. The van der Waals surface area contributed by atoms with Gasteiger partial charge in [-0.3, -0.25) is 0 Å². The van der Waals surface area contributed by atoms with Crippen molar-refractivity contribution in [2.75, 3.05) is 11.4 Å². The number of rotatable bonds is 5. The summed E-state index contributed by atoms with van der Waals surface area (Å²) in [5.74, 6) is 3.92. The van der Waals surface area contributed by atoms with Crippen molar-refractivity contribution < 1.29 is 0 Å². The molecule has 27 heavy (non-hydrogen) atoms. The number of benzene rings is 1. The van der Waals surface area contributed by atoms with Crippen molar-refractivity contribution in [1.82, 2.24) is 24.7 Å². The molecular weight excluding hydrogens is 336 g/mol. The standard InChI is InChI=1S/C21H26N6/c1-4-8-18-12-22-16(3)23-21(18)26-13-15(2)27-19(24-25-20(27)14-26)11-17-9-6-5-7-10-17/h5-7,9-10,12,15H,4,8,11,13-14H2,1-3H3/t15-/m0/s1. The van der Waals surface area contributed by atoms with Crippen LogP contribution in [-0.4, -0.2) is 31.3 Å². The molecule has 2 aromatic heterocycles. The second-order valence-corrected chi connectivity index (χ2v) is 7.31. The molecule has 140 valence electrons. The molecule has 1 aliphatic rings. The first kappa shape index (κ1) is 17.6. The van der Waals surface area contributed by atoms with E-state index in [1.165, 1.54) is 11.1 Å². The Labute approximate surface area is 160 Å². The molecule has 0 spiro atoms. The quantitative estimate of drug-likeness (QED) is 0.695. The first-order chi connectivity index (χ1) is 13.2. The van der Waals surface area contributed by atoms with Crippen LogP contribution in [0.4, 0.5) is 5.82 Å². The zero-order valence-corrected chi connectivity index (χ0v) is 16.3. The van der Waals surface area contributed by atoms with Crippen LogP contribution < -0.4 is 4.90 Å². The van der Waals surface area contributed by atoms with Gasteiger partial charge in [-0.05, 0) is 25.8 Å². The first-order valence-electron chi connectivity index (χ1n) is 9.69. The van der Waals surface area contributed by atoms with Crippen molar-refractivity contribution in [2.45, 2.75) is 52.6 Å². The maximum atomic E-state index is 4.75. The van der Waals surface area contributed by atoms with Gasteiger partial charge in [0.25, 0.3) is 0 Å². The number of nitrogens with zero attached hydrogens (tertiary/aromatic N) is 6. The van der Waals surface area contributed by atoms with E-state index >= 15 is 0 Å². The summed E-state index contributed by atoms with van der Waals surface area (Å²) in [4.78, 5) is 11.5. The van der Waals surface area contributed by atoms with Crippen LogP contribution in [0.15, 0.2) is 36.5 Å². The maximum absolute atomic E-state index is 4.75. The molecule has 0 bridgehead atoms. The van der Waals surface area contributed by atoms with Gasteiger partial charge in [0, 0.05) is 24.7 Å². The summed E-state index contributed by atoms with van der Waals surface area (Å²) in [6, 6.07) is 10.8. The van der Waals surface area contributed by atoms with Crippen molar-refractivity contribution in [3.05, 3.63) is 65.1 Å². The van der Waals surface area contributed by atoms with Crippen molar-refractivity contribution >= 4 is 5.82 Å². The minimum Gasteiger partial charge on any atom is -0.347 e. The molecule has 6 nitrogen and oxygen atoms in total. The Morgan fingerprint density at radius 1 is 1.15 bits per heavy atom. The molecule has 6 heteroatoms. The third-order valence-corrected chi connectivity index (χ3v) is 5.08. The number of aromatic nitrogens is 5. The number of hydrogen-bond acceptors (Lipinski definition) is 5. The smallest absolute Gasteiger partial charge is 0.152 e. The van der Waals surface area contributed by atoms with E-state index in [2.05, 4.69) is 62.8 Å². The highest BCUT2D eigenvalue weighted by Crippen LogP contribution is 2.28. The minimum absolute atomic E-state index is 0.298. The van der Waals surface area contributed by atoms with Crippen LogP contribution in [0.2, 0.25) is 0 Å². The maximum Gasteiger partial charge on any atom is 0.152 e. The molecule has 3 aromatic rings. The minimum atomic E-state index is 0.298. The summed E-state index contributed by atoms with van der Waals surface area (Å²) in [5.41, 5.74) is 2.48. The van der Waals surface area contributed by atoms with Crippen molar-refractivity contribution in [2.24, 2.45) is 0 Å². The topological polar surface area (TPSA) is 59.7 Å². The average molecular weight is 362 g/mol. The lowest BCUT2D eigenvalue weighted by Gasteiger charge is -2.34. The van der Waals surface area contributed by atoms with E-state index in [0.29, 0.717) is 6.04 Å². The Bertz CT molecular complexity index is 918. The molecule has 0 fully saturated rings. The lowest BCUT2D eigenvalue weighted by molar-refractivity contribution is 0.448. The summed E-state index contributed by atoms with van der Waals surface area (Å²) < 4.78 is 2.30. The third kappa shape index (κ3) is 3.56. The second kappa shape index (κ2) is 7.47. The number of aryl methyl sites for hydroxylation is 2. The summed E-state index contributed by atoms with van der Waals surface area (Å²) in [7, 11) is 0. The van der Waals surface area contributed by atoms with E-state index in [1.807, 2.05) is 19.2 Å². The SMILES string of the molecule is CCCc1cnc(C)nc1N1Cc2nnc(Cc3ccccc3)n2[C@@H](C)C1. The van der Waals surface area contributed by atoms with Crippen LogP contribution in [0.1, 0.15) is 54.9 Å². The van der Waals surface area contributed by atoms with Crippen LogP contribution in [0.5, 0.6) is 0 Å². The molecule has 3 heterocycles. The van der Waals surface area contributed by atoms with E-state index in [1.54, 1.807) is 0 Å². The normalized spacial score (nSPS) is 16.4. The van der Waals surface area contributed by atoms with Crippen molar-refractivity contribution in [3.8, 4) is 0 Å². The van der Waals surface area contributed by atoms with E-state index in [9.17, 15) is 0 Å². The first-order valence-corrected chi connectivity index (χ1v) is 9.69. The molecule has 1 aliphatic heterocycles. The number of anilines is 1. The van der Waals surface area contributed by atoms with Crippen LogP contribution >= 0.6 is 0 Å². The van der Waals surface area contributed by atoms with Gasteiger partial charge in [0.2, 0.25) is 0 Å². The predicted octanol–water partition coefficient (Wildman–Crippen LogP) is 3.50. The molecule has 4 rings (SSSR count). The molecule has 0 aliphatic carbocycles. The van der Waals surface area contributed by atoms with Gasteiger partial charge in [0.15, 0.2) is 5.82 Å². The van der Waals surface area contributed by atoms with E-state index < -0.39 is 0 Å². The van der Waals surface area contributed by atoms with E-state index in [-0.39, 0.29) is 0 Å². The van der Waals surface area contributed by atoms with Gasteiger partial charge in [-0.2, -0.15) is 0 Å². The molecule has 1 atom stereocenters. The van der Waals surface area contributed by atoms with Gasteiger partial charge in [0.05, 0.1) is 12.6 Å². The lowest BCUT2D eigenvalue weighted by Crippen LogP contribution is -2.38. The van der Waals surface area contributed by atoms with Gasteiger partial charge >= 0.3 is 0 Å². The van der Waals surface area contributed by atoms with Crippen LogP contribution in [0.25, 0.3) is 0 Å². The van der Waals surface area contributed by atoms with Crippen LogP contribution in [0, 0.1) is 6.92 Å². The molecule has 0 N–H and O–H groups in total. The second-order valence-electron chi connectivity index (χ2n) is 7.31. The molecule has 0 amide bonds. The number of fused-ring (bicyclic) bond motifs is 1. The highest BCUT2D eigenvalue weighted by molar-refractivity contribution is 5.47. The predicted molar refractivity (Wildman–Crippen MR) is 106 cm³/mol. The fraction of sp³-hybridized carbons (Fsp3) is 0.429. The molecule has 1 aromatic carbocycles. The van der Waals surface area contributed by atoms with Gasteiger partial charge in [-0.25, -0.2) is 9.97 Å². The summed E-state index contributed by atoms with van der Waals surface area (Å²) in [6.45, 7) is 8.02. The van der Waals surface area contributed by atoms with Gasteiger partial charge in [-0.1, -0.05) is 43.7 Å². The third-order valence-electron chi connectivity index (χ3n) is 5.08. The Hall–Kier alpha value is -2.76. The zero-order valence-electron chi connectivity index (χ0n) is 16.3. The zero-order chi connectivity index (χ0) is 18.8. The van der Waals surface area contributed by atoms with Gasteiger partial charge < -0.3 is 9.47 Å². The Morgan fingerprint density at radius 2 is 1.96 bits per heavy atom. The van der Waals surface area contributed by atoms with E-state index in [0.717, 1.165) is 55.6 Å². The monoisotopic (exact) mass is 362 g/mol. The summed E-state index contributed by atoms with van der Waals surface area (Å²) >= 11 is 0. The number of hydrogen-bond donors (Lipinski definition) is 0. The molecule has 0 unspecified atom stereocenters. The molecule has 0 radical (unpaired) electrons. The van der Waals surface area contributed by atoms with Crippen LogP contribution in [0.3, 0.4) is 0 Å². The highest BCUT2D eigenvalue weighted by atomic mass is 15.4.